The van der Waals surface area contributed by atoms with E-state index in [-0.39, 0.29) is 11.6 Å². The summed E-state index contributed by atoms with van der Waals surface area (Å²) in [5.74, 6) is -0.401. The molecule has 1 atom stereocenters. The first-order valence-electron chi connectivity index (χ1n) is 2.92. The van der Waals surface area contributed by atoms with Gasteiger partial charge in [-0.05, 0) is 11.6 Å². The van der Waals surface area contributed by atoms with Crippen molar-refractivity contribution in [2.75, 3.05) is 11.6 Å². The van der Waals surface area contributed by atoms with Crippen LogP contribution in [-0.2, 0) is 14.6 Å². The van der Waals surface area contributed by atoms with Crippen LogP contribution < -0.4 is 0 Å². The molecule has 0 heterocycles. The molecular formula is C5H8Cl2O3S. The van der Waals surface area contributed by atoms with Crippen LogP contribution >= 0.6 is 23.2 Å². The third-order valence-corrected chi connectivity index (χ3v) is 4.17. The Morgan fingerprint density at radius 3 is 2.09 bits per heavy atom. The van der Waals surface area contributed by atoms with Crippen molar-refractivity contribution in [1.82, 2.24) is 0 Å². The molecule has 0 rings (SSSR count). The summed E-state index contributed by atoms with van der Waals surface area (Å²) in [5, 5.41) is -2.17. The molecule has 6 heteroatoms. The Bertz CT molecular complexity index is 234. The normalized spacial score (nSPS) is 14.5. The molecule has 0 fully saturated rings. The zero-order valence-electron chi connectivity index (χ0n) is 5.88. The Kier molecular flexibility index (Phi) is 4.36. The third-order valence-electron chi connectivity index (χ3n) is 1.23. The summed E-state index contributed by atoms with van der Waals surface area (Å²) in [6.07, 6.45) is 0. The van der Waals surface area contributed by atoms with Crippen LogP contribution in [0.25, 0.3) is 0 Å². The molecule has 0 aliphatic rings. The van der Waals surface area contributed by atoms with E-state index in [1.807, 2.05) is 0 Å². The summed E-state index contributed by atoms with van der Waals surface area (Å²) in [4.78, 5) is 10.5. The molecule has 0 aliphatic heterocycles. The van der Waals surface area contributed by atoms with E-state index in [2.05, 4.69) is 0 Å². The maximum Gasteiger partial charge on any atom is 0.241 e. The summed E-state index contributed by atoms with van der Waals surface area (Å²) in [5.41, 5.74) is 0. The minimum absolute atomic E-state index is 0.122. The van der Waals surface area contributed by atoms with E-state index >= 15 is 0 Å². The van der Waals surface area contributed by atoms with Crippen molar-refractivity contribution in [2.24, 2.45) is 0 Å². The molecule has 3 nitrogen and oxygen atoms in total. The standard InChI is InChI=1S/C5H8Cl2O3S/c1-2-11(9,10)4(3-6)5(7)8/h4H,2-3H2,1H3. The zero-order valence-corrected chi connectivity index (χ0v) is 8.21. The first-order valence-corrected chi connectivity index (χ1v) is 5.55. The monoisotopic (exact) mass is 218 g/mol. The number of carbonyl (C=O) groups excluding carboxylic acids is 1. The molecule has 0 saturated heterocycles. The van der Waals surface area contributed by atoms with Gasteiger partial charge < -0.3 is 0 Å². The molecular weight excluding hydrogens is 211 g/mol. The molecule has 0 aromatic heterocycles. The van der Waals surface area contributed by atoms with Gasteiger partial charge >= 0.3 is 0 Å². The number of sulfone groups is 1. The molecule has 0 spiro atoms. The van der Waals surface area contributed by atoms with Crippen molar-refractivity contribution < 1.29 is 13.2 Å². The van der Waals surface area contributed by atoms with Gasteiger partial charge in [-0.15, -0.1) is 11.6 Å². The molecule has 0 aromatic carbocycles. The Morgan fingerprint density at radius 2 is 2.00 bits per heavy atom. The highest BCUT2D eigenvalue weighted by Crippen LogP contribution is 2.08. The molecule has 1 unspecified atom stereocenters. The van der Waals surface area contributed by atoms with Gasteiger partial charge in [0.05, 0.1) is 0 Å². The smallest absolute Gasteiger partial charge is 0.241 e. The average molecular weight is 219 g/mol. The Labute approximate surface area is 75.6 Å². The molecule has 0 saturated carbocycles. The van der Waals surface area contributed by atoms with Gasteiger partial charge in [-0.25, -0.2) is 8.42 Å². The van der Waals surface area contributed by atoms with Gasteiger partial charge in [-0.2, -0.15) is 0 Å². The van der Waals surface area contributed by atoms with E-state index < -0.39 is 20.3 Å². The summed E-state index contributed by atoms with van der Waals surface area (Å²) in [6.45, 7) is 1.44. The second kappa shape index (κ2) is 4.28. The van der Waals surface area contributed by atoms with E-state index in [1.54, 1.807) is 0 Å². The molecule has 0 N–H and O–H groups in total. The van der Waals surface area contributed by atoms with Crippen LogP contribution in [0.15, 0.2) is 0 Å². The number of carbonyl (C=O) groups is 1. The maximum absolute atomic E-state index is 11.0. The topological polar surface area (TPSA) is 51.2 Å². The Hall–Kier alpha value is 0.200. The van der Waals surface area contributed by atoms with Crippen LogP contribution in [0.2, 0.25) is 0 Å². The van der Waals surface area contributed by atoms with Gasteiger partial charge in [0.25, 0.3) is 0 Å². The maximum atomic E-state index is 11.0. The number of halogens is 2. The SMILES string of the molecule is CCS(=O)(=O)C(CCl)C(=O)Cl. The van der Waals surface area contributed by atoms with Crippen molar-refractivity contribution in [1.29, 1.82) is 0 Å². The molecule has 0 radical (unpaired) electrons. The first-order chi connectivity index (χ1) is 4.95. The number of alkyl halides is 1. The zero-order chi connectivity index (χ0) is 9.07. The van der Waals surface area contributed by atoms with Gasteiger partial charge in [0.1, 0.15) is 5.25 Å². The Morgan fingerprint density at radius 1 is 1.55 bits per heavy atom. The summed E-state index contributed by atoms with van der Waals surface area (Å²) >= 11 is 10.2. The molecule has 0 aromatic rings. The summed E-state index contributed by atoms with van der Waals surface area (Å²) in [6, 6.07) is 0. The van der Waals surface area contributed by atoms with Crippen LogP contribution in [0.5, 0.6) is 0 Å². The van der Waals surface area contributed by atoms with E-state index in [4.69, 9.17) is 23.2 Å². The minimum atomic E-state index is -3.42. The molecule has 0 amide bonds. The number of hydrogen-bond donors (Lipinski definition) is 0. The van der Waals surface area contributed by atoms with Crippen molar-refractivity contribution >= 4 is 38.3 Å². The van der Waals surface area contributed by atoms with Crippen LogP contribution in [0.3, 0.4) is 0 Å². The predicted octanol–water partition coefficient (Wildman–Crippen LogP) is 0.794. The molecule has 0 aliphatic carbocycles. The van der Waals surface area contributed by atoms with Gasteiger partial charge in [0.2, 0.25) is 5.24 Å². The summed E-state index contributed by atoms with van der Waals surface area (Å²) in [7, 11) is -3.42. The second-order valence-corrected chi connectivity index (χ2v) is 5.05. The van der Waals surface area contributed by atoms with Crippen LogP contribution in [0, 0.1) is 0 Å². The fraction of sp³-hybridized carbons (Fsp3) is 0.800. The fourth-order valence-corrected chi connectivity index (χ4v) is 2.66. The van der Waals surface area contributed by atoms with E-state index in [9.17, 15) is 13.2 Å². The van der Waals surface area contributed by atoms with Crippen LogP contribution in [-0.4, -0.2) is 30.5 Å². The van der Waals surface area contributed by atoms with Gasteiger partial charge in [-0.1, -0.05) is 6.92 Å². The van der Waals surface area contributed by atoms with Gasteiger partial charge in [0, 0.05) is 11.6 Å². The van der Waals surface area contributed by atoms with Crippen LogP contribution in [0.4, 0.5) is 0 Å². The largest absolute Gasteiger partial charge is 0.280 e. The molecule has 11 heavy (non-hydrogen) atoms. The quantitative estimate of drug-likeness (QED) is 0.519. The van der Waals surface area contributed by atoms with Crippen molar-refractivity contribution in [2.45, 2.75) is 12.2 Å². The van der Waals surface area contributed by atoms with Gasteiger partial charge in [-0.3, -0.25) is 4.79 Å². The lowest BCUT2D eigenvalue weighted by Gasteiger charge is -2.07. The van der Waals surface area contributed by atoms with Gasteiger partial charge in [0.15, 0.2) is 9.84 Å². The second-order valence-electron chi connectivity index (χ2n) is 1.90. The van der Waals surface area contributed by atoms with Crippen molar-refractivity contribution in [3.8, 4) is 0 Å². The van der Waals surface area contributed by atoms with Crippen molar-refractivity contribution in [3.63, 3.8) is 0 Å². The van der Waals surface area contributed by atoms with E-state index in [0.717, 1.165) is 0 Å². The third kappa shape index (κ3) is 2.97. The number of rotatable bonds is 4. The fourth-order valence-electron chi connectivity index (χ4n) is 0.499. The minimum Gasteiger partial charge on any atom is -0.280 e. The lowest BCUT2D eigenvalue weighted by molar-refractivity contribution is -0.111. The number of hydrogen-bond acceptors (Lipinski definition) is 3. The molecule has 66 valence electrons. The van der Waals surface area contributed by atoms with E-state index in [1.165, 1.54) is 6.92 Å². The van der Waals surface area contributed by atoms with Crippen molar-refractivity contribution in [3.05, 3.63) is 0 Å². The highest BCUT2D eigenvalue weighted by atomic mass is 35.5. The first kappa shape index (κ1) is 11.2. The van der Waals surface area contributed by atoms with Crippen LogP contribution in [0.1, 0.15) is 6.92 Å². The highest BCUT2D eigenvalue weighted by molar-refractivity contribution is 7.93. The summed E-state index contributed by atoms with van der Waals surface area (Å²) < 4.78 is 22.0. The highest BCUT2D eigenvalue weighted by Gasteiger charge is 2.28. The lowest BCUT2D eigenvalue weighted by atomic mass is 10.5. The molecule has 0 bridgehead atoms. The van der Waals surface area contributed by atoms with E-state index in [0.29, 0.717) is 0 Å². The Balaban J connectivity index is 4.65. The average Bonchev–Trinajstić information content (AvgIpc) is 1.88. The predicted molar refractivity (Wildman–Crippen MR) is 44.8 cm³/mol. The lowest BCUT2D eigenvalue weighted by Crippen LogP contribution is -2.30.